The molecule has 192 valence electrons. The number of aromatic nitrogens is 5. The largest absolute Gasteiger partial charge is 0.416 e. The maximum Gasteiger partial charge on any atom is 0.416 e. The quantitative estimate of drug-likeness (QED) is 0.186. The van der Waals surface area contributed by atoms with Gasteiger partial charge >= 0.3 is 12.4 Å². The van der Waals surface area contributed by atoms with Crippen LogP contribution in [0, 0.1) is 6.92 Å². The summed E-state index contributed by atoms with van der Waals surface area (Å²) in [6.45, 7) is 1.87. The molecule has 0 saturated heterocycles. The maximum atomic E-state index is 13.2. The lowest BCUT2D eigenvalue weighted by molar-refractivity contribution is -0.143. The van der Waals surface area contributed by atoms with Crippen LogP contribution in [0.5, 0.6) is 0 Å². The molecule has 0 bridgehead atoms. The fourth-order valence-electron chi connectivity index (χ4n) is 3.21. The Morgan fingerprint density at radius 2 is 1.54 bits per heavy atom. The van der Waals surface area contributed by atoms with Crippen LogP contribution in [0.1, 0.15) is 32.9 Å². The number of rotatable bonds is 6. The first-order valence-electron chi connectivity index (χ1n) is 10.4. The molecule has 0 spiro atoms. The Bertz CT molecular complexity index is 1370. The molecule has 4 rings (SSSR count). The molecule has 0 radical (unpaired) electrons. The highest BCUT2D eigenvalue weighted by atomic mass is 32.2. The molecule has 0 aliphatic heterocycles. The van der Waals surface area contributed by atoms with Crippen molar-refractivity contribution in [3.63, 3.8) is 0 Å². The number of alkyl halides is 6. The number of carbonyl (C=O) groups is 1. The number of nitrogens with zero attached hydrogens (tertiary/aromatic N) is 5. The smallest absolute Gasteiger partial charge is 0.321 e. The van der Waals surface area contributed by atoms with E-state index in [1.54, 1.807) is 30.3 Å². The van der Waals surface area contributed by atoms with Gasteiger partial charge in [0.25, 0.3) is 5.91 Å². The van der Waals surface area contributed by atoms with Crippen molar-refractivity contribution in [3.8, 4) is 5.69 Å². The molecule has 7 nitrogen and oxygen atoms in total. The first-order chi connectivity index (χ1) is 17.4. The number of benzene rings is 2. The fourth-order valence-corrected chi connectivity index (χ4v) is 4.01. The summed E-state index contributed by atoms with van der Waals surface area (Å²) in [6, 6.07) is 9.48. The average molecular weight is 538 g/mol. The van der Waals surface area contributed by atoms with Crippen LogP contribution in [0.2, 0.25) is 0 Å². The van der Waals surface area contributed by atoms with Crippen LogP contribution in [-0.4, -0.2) is 30.9 Å². The molecule has 0 aliphatic rings. The summed E-state index contributed by atoms with van der Waals surface area (Å²) in [4.78, 5) is 21.2. The molecule has 14 heteroatoms. The zero-order valence-corrected chi connectivity index (χ0v) is 19.6. The van der Waals surface area contributed by atoms with Gasteiger partial charge in [-0.25, -0.2) is 14.6 Å². The Labute approximate surface area is 209 Å². The predicted molar refractivity (Wildman–Crippen MR) is 122 cm³/mol. The van der Waals surface area contributed by atoms with Gasteiger partial charge in [-0.05, 0) is 43.3 Å². The minimum atomic E-state index is -5.06. The molecule has 0 unspecified atom stereocenters. The number of carbonyl (C=O) groups excluding carboxylic acids is 1. The van der Waals surface area contributed by atoms with Gasteiger partial charge in [0.15, 0.2) is 10.9 Å². The molecule has 2 aromatic carbocycles. The number of aryl methyl sites for hydroxylation is 1. The van der Waals surface area contributed by atoms with Gasteiger partial charge in [-0.15, -0.1) is 5.10 Å². The zero-order valence-electron chi connectivity index (χ0n) is 18.8. The third kappa shape index (κ3) is 6.25. The lowest BCUT2D eigenvalue weighted by atomic mass is 10.1. The van der Waals surface area contributed by atoms with E-state index >= 15 is 0 Å². The van der Waals surface area contributed by atoms with Crippen LogP contribution in [0.3, 0.4) is 0 Å². The van der Waals surface area contributed by atoms with Gasteiger partial charge < -0.3 is 5.32 Å². The summed E-state index contributed by atoms with van der Waals surface area (Å²) in [7, 11) is 0. The average Bonchev–Trinajstić information content (AvgIpc) is 3.26. The maximum absolute atomic E-state index is 13.2. The second-order valence-electron chi connectivity index (χ2n) is 7.70. The van der Waals surface area contributed by atoms with Crippen molar-refractivity contribution < 1.29 is 31.1 Å². The van der Waals surface area contributed by atoms with E-state index in [1.165, 1.54) is 17.1 Å². The van der Waals surface area contributed by atoms with Gasteiger partial charge in [0.05, 0.1) is 22.5 Å². The van der Waals surface area contributed by atoms with Crippen LogP contribution < -0.4 is 5.32 Å². The highest BCUT2D eigenvalue weighted by Gasteiger charge is 2.37. The molecule has 0 aliphatic carbocycles. The van der Waals surface area contributed by atoms with Crippen LogP contribution in [0.25, 0.3) is 5.69 Å². The SMILES string of the molecule is Cc1ccc(-n2nnc(C(=O)Nc3cc(C(F)(F)F)cc(C(F)(F)F)c3)c2CSc2ncccn2)cc1. The van der Waals surface area contributed by atoms with E-state index in [4.69, 9.17) is 0 Å². The fraction of sp³-hybridized carbons (Fsp3) is 0.174. The number of thioether (sulfide) groups is 1. The number of hydrogen-bond acceptors (Lipinski definition) is 6. The Hall–Kier alpha value is -3.94. The topological polar surface area (TPSA) is 85.6 Å². The van der Waals surface area contributed by atoms with E-state index < -0.39 is 35.1 Å². The van der Waals surface area contributed by atoms with Gasteiger partial charge in [0, 0.05) is 23.8 Å². The summed E-state index contributed by atoms with van der Waals surface area (Å²) >= 11 is 1.14. The predicted octanol–water partition coefficient (Wildman–Crippen LogP) is 5.95. The Morgan fingerprint density at radius 3 is 2.11 bits per heavy atom. The Balaban J connectivity index is 1.71. The molecular weight excluding hydrogens is 522 g/mol. The molecule has 0 saturated carbocycles. The molecule has 4 aromatic rings. The third-order valence-electron chi connectivity index (χ3n) is 4.98. The molecule has 37 heavy (non-hydrogen) atoms. The highest BCUT2D eigenvalue weighted by Crippen LogP contribution is 2.37. The summed E-state index contributed by atoms with van der Waals surface area (Å²) in [5.41, 5.74) is -2.35. The second kappa shape index (κ2) is 10.2. The van der Waals surface area contributed by atoms with Crippen LogP contribution in [0.4, 0.5) is 32.0 Å². The van der Waals surface area contributed by atoms with E-state index in [9.17, 15) is 31.1 Å². The summed E-state index contributed by atoms with van der Waals surface area (Å²) in [5.74, 6) is -0.959. The van der Waals surface area contributed by atoms with Crippen molar-refractivity contribution in [1.29, 1.82) is 0 Å². The van der Waals surface area contributed by atoms with E-state index in [-0.39, 0.29) is 23.2 Å². The first kappa shape index (κ1) is 26.1. The number of nitrogens with one attached hydrogen (secondary N) is 1. The molecule has 2 aromatic heterocycles. The normalized spacial score (nSPS) is 12.0. The zero-order chi connectivity index (χ0) is 26.8. The van der Waals surface area contributed by atoms with Crippen molar-refractivity contribution in [2.75, 3.05) is 5.32 Å². The van der Waals surface area contributed by atoms with Crippen LogP contribution >= 0.6 is 11.8 Å². The molecule has 0 atom stereocenters. The summed E-state index contributed by atoms with van der Waals surface area (Å²) in [5, 5.41) is 10.3. The van der Waals surface area contributed by atoms with Crippen molar-refractivity contribution in [3.05, 3.63) is 89.0 Å². The van der Waals surface area contributed by atoms with Gasteiger partial charge in [0.2, 0.25) is 0 Å². The molecule has 1 amide bonds. The summed E-state index contributed by atoms with van der Waals surface area (Å²) < 4.78 is 80.7. The number of anilines is 1. The Kier molecular flexibility index (Phi) is 7.21. The molecular formula is C23H16F6N6OS. The minimum absolute atomic E-state index is 0.0226. The van der Waals surface area contributed by atoms with Crippen LogP contribution in [0.15, 0.2) is 66.1 Å². The minimum Gasteiger partial charge on any atom is -0.321 e. The van der Waals surface area contributed by atoms with Gasteiger partial charge in [-0.3, -0.25) is 4.79 Å². The van der Waals surface area contributed by atoms with Gasteiger partial charge in [-0.1, -0.05) is 34.7 Å². The van der Waals surface area contributed by atoms with Crippen molar-refractivity contribution >= 4 is 23.4 Å². The van der Waals surface area contributed by atoms with Crippen LogP contribution in [-0.2, 0) is 18.1 Å². The van der Waals surface area contributed by atoms with E-state index in [0.717, 1.165) is 17.3 Å². The summed E-state index contributed by atoms with van der Waals surface area (Å²) in [6.07, 6.45) is -7.09. The molecule has 1 N–H and O–H groups in total. The lowest BCUT2D eigenvalue weighted by Crippen LogP contribution is -2.17. The van der Waals surface area contributed by atoms with Crippen molar-refractivity contribution in [1.82, 2.24) is 25.0 Å². The first-order valence-corrected chi connectivity index (χ1v) is 11.4. The van der Waals surface area contributed by atoms with Crippen molar-refractivity contribution in [2.24, 2.45) is 0 Å². The van der Waals surface area contributed by atoms with Gasteiger partial charge in [0.1, 0.15) is 0 Å². The van der Waals surface area contributed by atoms with Crippen molar-refractivity contribution in [2.45, 2.75) is 30.2 Å². The molecule has 0 fully saturated rings. The monoisotopic (exact) mass is 538 g/mol. The second-order valence-corrected chi connectivity index (χ2v) is 8.64. The van der Waals surface area contributed by atoms with E-state index in [1.807, 2.05) is 6.92 Å². The number of hydrogen-bond donors (Lipinski definition) is 1. The van der Waals surface area contributed by atoms with E-state index in [0.29, 0.717) is 23.0 Å². The lowest BCUT2D eigenvalue weighted by Gasteiger charge is -2.14. The standard InChI is InChI=1S/C23H16F6N6OS/c1-13-3-5-17(6-4-13)35-18(12-37-21-30-7-2-8-31-21)19(33-34-35)20(36)32-16-10-14(22(24,25)26)9-15(11-16)23(27,28)29/h2-11H,12H2,1H3,(H,32,36). The third-order valence-corrected chi connectivity index (χ3v) is 5.87. The van der Waals surface area contributed by atoms with Gasteiger partial charge in [-0.2, -0.15) is 26.3 Å². The highest BCUT2D eigenvalue weighted by molar-refractivity contribution is 7.98. The molecule has 2 heterocycles. The number of amides is 1. The Morgan fingerprint density at radius 1 is 0.946 bits per heavy atom. The number of halogens is 6. The van der Waals surface area contributed by atoms with E-state index in [2.05, 4.69) is 25.6 Å².